The third kappa shape index (κ3) is 4.43. The van der Waals surface area contributed by atoms with E-state index in [2.05, 4.69) is 4.90 Å². The molecule has 0 saturated carbocycles. The van der Waals surface area contributed by atoms with Crippen LogP contribution in [0.3, 0.4) is 0 Å². The molecule has 188 valence electrons. The second-order valence-electron chi connectivity index (χ2n) is 8.76. The molecule has 0 radical (unpaired) electrons. The van der Waals surface area contributed by atoms with Gasteiger partial charge in [0.2, 0.25) is 5.78 Å². The highest BCUT2D eigenvalue weighted by Gasteiger charge is 2.44. The Hall–Kier alpha value is -3.82. The predicted octanol–water partition coefficient (Wildman–Crippen LogP) is 3.45. The van der Waals surface area contributed by atoms with Crippen LogP contribution in [0.25, 0.3) is 11.0 Å². The molecule has 0 bridgehead atoms. The SMILES string of the molecule is CCOc1cc(C2C(C(=O)c3cc4ccccc4o3)=C(O)C(=O)N2CCN2CCOCC2)ccc1O. The molecule has 9 nitrogen and oxygen atoms in total. The van der Waals surface area contributed by atoms with E-state index >= 15 is 0 Å². The number of aliphatic hydroxyl groups is 1. The number of para-hydroxylation sites is 1. The van der Waals surface area contributed by atoms with Crippen molar-refractivity contribution in [2.45, 2.75) is 13.0 Å². The van der Waals surface area contributed by atoms with Gasteiger partial charge in [0.05, 0.1) is 31.4 Å². The standard InChI is InChI=1S/C27H28N2O7/c1-2-35-21-16-18(7-8-19(21)30)24-23(25(31)22-15-17-5-3-4-6-20(17)36-22)26(32)27(33)29(24)10-9-28-11-13-34-14-12-28/h3-8,15-16,24,30,32H,2,9-14H2,1H3. The largest absolute Gasteiger partial charge is 0.504 e. The third-order valence-electron chi connectivity index (χ3n) is 6.56. The molecular weight excluding hydrogens is 464 g/mol. The van der Waals surface area contributed by atoms with E-state index in [1.807, 2.05) is 12.1 Å². The van der Waals surface area contributed by atoms with Gasteiger partial charge in [0.1, 0.15) is 5.58 Å². The molecule has 1 aromatic heterocycles. The second-order valence-corrected chi connectivity index (χ2v) is 8.76. The van der Waals surface area contributed by atoms with Crippen LogP contribution >= 0.6 is 0 Å². The molecule has 0 aliphatic carbocycles. The summed E-state index contributed by atoms with van der Waals surface area (Å²) >= 11 is 0. The molecular formula is C27H28N2O7. The third-order valence-corrected chi connectivity index (χ3v) is 6.56. The number of morpholine rings is 1. The highest BCUT2D eigenvalue weighted by atomic mass is 16.5. The minimum Gasteiger partial charge on any atom is -0.504 e. The van der Waals surface area contributed by atoms with Gasteiger partial charge in [-0.3, -0.25) is 14.5 Å². The number of phenolic OH excluding ortho intramolecular Hbond substituents is 1. The number of hydrogen-bond acceptors (Lipinski definition) is 8. The molecule has 2 aliphatic rings. The zero-order valence-corrected chi connectivity index (χ0v) is 20.0. The number of furan rings is 1. The Morgan fingerprint density at radius 3 is 2.61 bits per heavy atom. The average molecular weight is 493 g/mol. The van der Waals surface area contributed by atoms with Crippen molar-refractivity contribution in [1.29, 1.82) is 0 Å². The number of benzene rings is 2. The fourth-order valence-electron chi connectivity index (χ4n) is 4.74. The van der Waals surface area contributed by atoms with Crippen LogP contribution in [0.4, 0.5) is 0 Å². The van der Waals surface area contributed by atoms with Crippen LogP contribution in [0.1, 0.15) is 29.1 Å². The molecule has 3 heterocycles. The fourth-order valence-corrected chi connectivity index (χ4v) is 4.74. The van der Waals surface area contributed by atoms with Gasteiger partial charge < -0.3 is 29.0 Å². The summed E-state index contributed by atoms with van der Waals surface area (Å²) in [7, 11) is 0. The van der Waals surface area contributed by atoms with Gasteiger partial charge in [-0.2, -0.15) is 0 Å². The Labute approximate surface area is 208 Å². The zero-order valence-electron chi connectivity index (χ0n) is 20.0. The van der Waals surface area contributed by atoms with Crippen molar-refractivity contribution in [1.82, 2.24) is 9.80 Å². The topological polar surface area (TPSA) is 113 Å². The van der Waals surface area contributed by atoms with E-state index in [4.69, 9.17) is 13.9 Å². The number of aromatic hydroxyl groups is 1. The first-order valence-corrected chi connectivity index (χ1v) is 12.0. The number of fused-ring (bicyclic) bond motifs is 1. The summed E-state index contributed by atoms with van der Waals surface area (Å²) in [6, 6.07) is 12.6. The number of nitrogens with zero attached hydrogens (tertiary/aromatic N) is 2. The Balaban J connectivity index is 1.53. The predicted molar refractivity (Wildman–Crippen MR) is 131 cm³/mol. The average Bonchev–Trinajstić information content (AvgIpc) is 3.44. The van der Waals surface area contributed by atoms with Gasteiger partial charge >= 0.3 is 0 Å². The molecule has 2 aromatic carbocycles. The van der Waals surface area contributed by atoms with Crippen molar-refractivity contribution in [3.05, 3.63) is 71.2 Å². The number of amides is 1. The summed E-state index contributed by atoms with van der Waals surface area (Å²) in [6.45, 7) is 5.68. The lowest BCUT2D eigenvalue weighted by molar-refractivity contribution is -0.129. The summed E-state index contributed by atoms with van der Waals surface area (Å²) in [5, 5.41) is 21.9. The first kappa shape index (κ1) is 23.9. The van der Waals surface area contributed by atoms with Gasteiger partial charge in [0.25, 0.3) is 5.91 Å². The van der Waals surface area contributed by atoms with E-state index in [0.717, 1.165) is 18.5 Å². The van der Waals surface area contributed by atoms with Gasteiger partial charge in [-0.1, -0.05) is 24.3 Å². The molecule has 1 saturated heterocycles. The van der Waals surface area contributed by atoms with Crippen LogP contribution < -0.4 is 4.74 Å². The van der Waals surface area contributed by atoms with Crippen molar-refractivity contribution in [3.8, 4) is 11.5 Å². The van der Waals surface area contributed by atoms with Gasteiger partial charge in [-0.15, -0.1) is 0 Å². The Morgan fingerprint density at radius 1 is 1.08 bits per heavy atom. The molecule has 3 aromatic rings. The van der Waals surface area contributed by atoms with Crippen LogP contribution in [0.2, 0.25) is 0 Å². The number of ether oxygens (including phenoxy) is 2. The maximum Gasteiger partial charge on any atom is 0.290 e. The van der Waals surface area contributed by atoms with Crippen LogP contribution in [0.15, 0.2) is 64.3 Å². The van der Waals surface area contributed by atoms with Gasteiger partial charge in [0, 0.05) is 31.6 Å². The summed E-state index contributed by atoms with van der Waals surface area (Å²) in [5.74, 6) is -1.57. The van der Waals surface area contributed by atoms with Crippen molar-refractivity contribution in [3.63, 3.8) is 0 Å². The molecule has 9 heteroatoms. The molecule has 5 rings (SSSR count). The number of hydrogen-bond donors (Lipinski definition) is 2. The normalized spacial score (nSPS) is 18.9. The number of carbonyl (C=O) groups excluding carboxylic acids is 2. The lowest BCUT2D eigenvalue weighted by Gasteiger charge is -2.31. The van der Waals surface area contributed by atoms with Crippen LogP contribution in [-0.2, 0) is 9.53 Å². The number of rotatable bonds is 8. The van der Waals surface area contributed by atoms with Crippen molar-refractivity contribution in [2.24, 2.45) is 0 Å². The molecule has 2 N–H and O–H groups in total. The molecule has 36 heavy (non-hydrogen) atoms. The van der Waals surface area contributed by atoms with Crippen molar-refractivity contribution in [2.75, 3.05) is 46.0 Å². The monoisotopic (exact) mass is 492 g/mol. The quantitative estimate of drug-likeness (QED) is 0.460. The highest BCUT2D eigenvalue weighted by Crippen LogP contribution is 2.42. The van der Waals surface area contributed by atoms with E-state index in [-0.39, 0.29) is 29.4 Å². The summed E-state index contributed by atoms with van der Waals surface area (Å²) in [6.07, 6.45) is 0. The first-order chi connectivity index (χ1) is 17.5. The molecule has 1 atom stereocenters. The van der Waals surface area contributed by atoms with E-state index in [1.165, 1.54) is 11.0 Å². The highest BCUT2D eigenvalue weighted by molar-refractivity contribution is 6.16. The zero-order chi connectivity index (χ0) is 25.2. The van der Waals surface area contributed by atoms with E-state index < -0.39 is 23.5 Å². The number of aliphatic hydroxyl groups excluding tert-OH is 1. The second kappa shape index (κ2) is 10.0. The Bertz CT molecular complexity index is 1290. The van der Waals surface area contributed by atoms with E-state index in [0.29, 0.717) is 37.5 Å². The molecule has 1 fully saturated rings. The maximum atomic E-state index is 13.7. The van der Waals surface area contributed by atoms with Crippen molar-refractivity contribution < 1.29 is 33.7 Å². The first-order valence-electron chi connectivity index (χ1n) is 12.0. The Morgan fingerprint density at radius 2 is 1.86 bits per heavy atom. The smallest absolute Gasteiger partial charge is 0.290 e. The number of Topliss-reactive ketones (excluding diaryl/α,β-unsaturated/α-hetero) is 1. The van der Waals surface area contributed by atoms with Crippen LogP contribution in [0.5, 0.6) is 11.5 Å². The molecule has 2 aliphatic heterocycles. The fraction of sp³-hybridized carbons (Fsp3) is 0.333. The van der Waals surface area contributed by atoms with Crippen LogP contribution in [-0.4, -0.2) is 77.7 Å². The summed E-state index contributed by atoms with van der Waals surface area (Å²) < 4.78 is 16.7. The molecule has 1 amide bonds. The molecule has 1 unspecified atom stereocenters. The number of phenols is 1. The van der Waals surface area contributed by atoms with Crippen molar-refractivity contribution >= 4 is 22.7 Å². The summed E-state index contributed by atoms with van der Waals surface area (Å²) in [5.41, 5.74) is 1.01. The summed E-state index contributed by atoms with van der Waals surface area (Å²) in [4.78, 5) is 30.6. The maximum absolute atomic E-state index is 13.7. The minimum atomic E-state index is -0.876. The lowest BCUT2D eigenvalue weighted by atomic mass is 9.94. The number of ketones is 1. The molecule has 0 spiro atoms. The lowest BCUT2D eigenvalue weighted by Crippen LogP contribution is -2.43. The van der Waals surface area contributed by atoms with Gasteiger partial charge in [-0.05, 0) is 36.8 Å². The van der Waals surface area contributed by atoms with Crippen LogP contribution in [0, 0.1) is 0 Å². The minimum absolute atomic E-state index is 0.0365. The van der Waals surface area contributed by atoms with Gasteiger partial charge in [-0.25, -0.2) is 0 Å². The van der Waals surface area contributed by atoms with E-state index in [9.17, 15) is 19.8 Å². The van der Waals surface area contributed by atoms with Gasteiger partial charge in [0.15, 0.2) is 23.0 Å². The Kier molecular flexibility index (Phi) is 6.67. The van der Waals surface area contributed by atoms with E-state index in [1.54, 1.807) is 37.3 Å². The number of carbonyl (C=O) groups is 2.